The van der Waals surface area contributed by atoms with Crippen LogP contribution in [0.5, 0.6) is 5.75 Å². The zero-order valence-electron chi connectivity index (χ0n) is 13.2. The number of carbonyl (C=O) groups excluding carboxylic acids is 1. The fraction of sp³-hybridized carbons (Fsp3) is 0.562. The van der Waals surface area contributed by atoms with Crippen LogP contribution in [0.4, 0.5) is 0 Å². The molecule has 1 N–H and O–H groups in total. The summed E-state index contributed by atoms with van der Waals surface area (Å²) in [6, 6.07) is 5.92. The zero-order chi connectivity index (χ0) is 15.9. The molecule has 1 aromatic rings. The maximum absolute atomic E-state index is 11.0. The first-order valence-electron chi connectivity index (χ1n) is 7.05. The van der Waals surface area contributed by atoms with Gasteiger partial charge in [0.05, 0.1) is 13.7 Å². The molecule has 0 bridgehead atoms. The standard InChI is InChI=1S/C16H24BrNO3/c1-16(2,3)18-11-12-10-13(7-8-14(12)17)21-9-5-6-15(19)20-4/h7-8,10,18H,5-6,9,11H2,1-4H3. The van der Waals surface area contributed by atoms with Crippen LogP contribution in [0, 0.1) is 0 Å². The third-order valence-electron chi connectivity index (χ3n) is 2.85. The van der Waals surface area contributed by atoms with Crippen LogP contribution in [0.3, 0.4) is 0 Å². The van der Waals surface area contributed by atoms with Crippen LogP contribution in [-0.2, 0) is 16.1 Å². The van der Waals surface area contributed by atoms with E-state index in [9.17, 15) is 4.79 Å². The summed E-state index contributed by atoms with van der Waals surface area (Å²) in [5.74, 6) is 0.609. The average Bonchev–Trinajstić information content (AvgIpc) is 2.42. The van der Waals surface area contributed by atoms with Gasteiger partial charge in [0.15, 0.2) is 0 Å². The molecule has 0 unspecified atom stereocenters. The highest BCUT2D eigenvalue weighted by Gasteiger charge is 2.10. The van der Waals surface area contributed by atoms with Crippen molar-refractivity contribution in [3.05, 3.63) is 28.2 Å². The molecule has 118 valence electrons. The molecule has 0 amide bonds. The Bertz CT molecular complexity index is 469. The normalized spacial score (nSPS) is 11.3. The molecular formula is C16H24BrNO3. The van der Waals surface area contributed by atoms with Gasteiger partial charge in [-0.2, -0.15) is 0 Å². The Morgan fingerprint density at radius 2 is 2.05 bits per heavy atom. The molecule has 0 heterocycles. The fourth-order valence-corrected chi connectivity index (χ4v) is 2.03. The first-order valence-corrected chi connectivity index (χ1v) is 7.84. The molecular weight excluding hydrogens is 334 g/mol. The van der Waals surface area contributed by atoms with E-state index in [2.05, 4.69) is 46.8 Å². The molecule has 1 aromatic carbocycles. The molecule has 0 aliphatic rings. The Balaban J connectivity index is 2.50. The minimum atomic E-state index is -0.204. The van der Waals surface area contributed by atoms with Crippen molar-refractivity contribution in [3.8, 4) is 5.75 Å². The lowest BCUT2D eigenvalue weighted by atomic mass is 10.1. The Morgan fingerprint density at radius 1 is 1.33 bits per heavy atom. The summed E-state index contributed by atoms with van der Waals surface area (Å²) in [7, 11) is 1.40. The molecule has 0 saturated carbocycles. The molecule has 0 aliphatic heterocycles. The summed E-state index contributed by atoms with van der Waals surface area (Å²) in [5.41, 5.74) is 1.21. The second-order valence-corrected chi connectivity index (χ2v) is 6.74. The van der Waals surface area contributed by atoms with E-state index in [1.807, 2.05) is 18.2 Å². The van der Waals surface area contributed by atoms with Gasteiger partial charge in [-0.05, 0) is 51.0 Å². The van der Waals surface area contributed by atoms with Gasteiger partial charge in [-0.3, -0.25) is 4.79 Å². The van der Waals surface area contributed by atoms with E-state index in [-0.39, 0.29) is 11.5 Å². The lowest BCUT2D eigenvalue weighted by Gasteiger charge is -2.21. The van der Waals surface area contributed by atoms with Crippen LogP contribution in [0.1, 0.15) is 39.2 Å². The van der Waals surface area contributed by atoms with Crippen molar-refractivity contribution in [2.75, 3.05) is 13.7 Å². The predicted molar refractivity (Wildman–Crippen MR) is 87.5 cm³/mol. The number of hydrogen-bond acceptors (Lipinski definition) is 4. The van der Waals surface area contributed by atoms with Crippen LogP contribution < -0.4 is 10.1 Å². The number of rotatable bonds is 7. The van der Waals surface area contributed by atoms with Gasteiger partial charge in [-0.25, -0.2) is 0 Å². The third-order valence-corrected chi connectivity index (χ3v) is 3.62. The van der Waals surface area contributed by atoms with Crippen molar-refractivity contribution < 1.29 is 14.3 Å². The lowest BCUT2D eigenvalue weighted by molar-refractivity contribution is -0.140. The quantitative estimate of drug-likeness (QED) is 0.597. The van der Waals surface area contributed by atoms with Crippen LogP contribution in [-0.4, -0.2) is 25.2 Å². The Labute approximate surface area is 135 Å². The summed E-state index contributed by atoms with van der Waals surface area (Å²) in [4.78, 5) is 11.0. The maximum atomic E-state index is 11.0. The summed E-state index contributed by atoms with van der Waals surface area (Å²) in [5, 5.41) is 3.45. The predicted octanol–water partition coefficient (Wildman–Crippen LogP) is 3.67. The number of halogens is 1. The highest BCUT2D eigenvalue weighted by atomic mass is 79.9. The van der Waals surface area contributed by atoms with Crippen molar-refractivity contribution in [2.24, 2.45) is 0 Å². The lowest BCUT2D eigenvalue weighted by Crippen LogP contribution is -2.35. The maximum Gasteiger partial charge on any atom is 0.305 e. The molecule has 21 heavy (non-hydrogen) atoms. The summed E-state index contributed by atoms with van der Waals surface area (Å²) in [6.07, 6.45) is 1.03. The van der Waals surface area contributed by atoms with Gasteiger partial charge < -0.3 is 14.8 Å². The highest BCUT2D eigenvalue weighted by molar-refractivity contribution is 9.10. The number of esters is 1. The van der Waals surface area contributed by atoms with Crippen LogP contribution in [0.15, 0.2) is 22.7 Å². The molecule has 0 radical (unpaired) electrons. The van der Waals surface area contributed by atoms with Gasteiger partial charge in [0.1, 0.15) is 5.75 Å². The zero-order valence-corrected chi connectivity index (χ0v) is 14.7. The molecule has 0 spiro atoms. The summed E-state index contributed by atoms with van der Waals surface area (Å²) < 4.78 is 11.3. The summed E-state index contributed by atoms with van der Waals surface area (Å²) in [6.45, 7) is 7.67. The smallest absolute Gasteiger partial charge is 0.305 e. The minimum Gasteiger partial charge on any atom is -0.494 e. The second-order valence-electron chi connectivity index (χ2n) is 5.88. The molecule has 5 heteroatoms. The molecule has 0 saturated heterocycles. The SMILES string of the molecule is COC(=O)CCCOc1ccc(Br)c(CNC(C)(C)C)c1. The molecule has 1 rings (SSSR count). The average molecular weight is 358 g/mol. The van der Waals surface area contributed by atoms with Gasteiger partial charge in [0.2, 0.25) is 0 Å². The van der Waals surface area contributed by atoms with E-state index in [0.717, 1.165) is 22.3 Å². The number of ether oxygens (including phenoxy) is 2. The van der Waals surface area contributed by atoms with E-state index in [0.29, 0.717) is 19.4 Å². The van der Waals surface area contributed by atoms with Crippen LogP contribution in [0.2, 0.25) is 0 Å². The Kier molecular flexibility index (Phi) is 7.18. The number of carbonyl (C=O) groups is 1. The minimum absolute atomic E-state index is 0.0663. The van der Waals surface area contributed by atoms with Gasteiger partial charge in [0.25, 0.3) is 0 Å². The second kappa shape index (κ2) is 8.39. The number of methoxy groups -OCH3 is 1. The number of benzene rings is 1. The Hall–Kier alpha value is -1.07. The van der Waals surface area contributed by atoms with Crippen molar-refractivity contribution in [1.29, 1.82) is 0 Å². The van der Waals surface area contributed by atoms with E-state index < -0.39 is 0 Å². The highest BCUT2D eigenvalue weighted by Crippen LogP contribution is 2.23. The topological polar surface area (TPSA) is 47.6 Å². The van der Waals surface area contributed by atoms with Crippen molar-refractivity contribution in [1.82, 2.24) is 5.32 Å². The van der Waals surface area contributed by atoms with E-state index >= 15 is 0 Å². The molecule has 0 aromatic heterocycles. The van der Waals surface area contributed by atoms with Crippen LogP contribution >= 0.6 is 15.9 Å². The van der Waals surface area contributed by atoms with Gasteiger partial charge in [0, 0.05) is 23.0 Å². The fourth-order valence-electron chi connectivity index (χ4n) is 1.65. The van der Waals surface area contributed by atoms with Gasteiger partial charge in [-0.1, -0.05) is 15.9 Å². The van der Waals surface area contributed by atoms with E-state index in [4.69, 9.17) is 4.74 Å². The Morgan fingerprint density at radius 3 is 2.67 bits per heavy atom. The van der Waals surface area contributed by atoms with Crippen molar-refractivity contribution >= 4 is 21.9 Å². The van der Waals surface area contributed by atoms with Crippen molar-refractivity contribution in [3.63, 3.8) is 0 Å². The molecule has 0 aliphatic carbocycles. The monoisotopic (exact) mass is 357 g/mol. The molecule has 4 nitrogen and oxygen atoms in total. The molecule has 0 atom stereocenters. The summed E-state index contributed by atoms with van der Waals surface area (Å²) >= 11 is 3.55. The largest absolute Gasteiger partial charge is 0.494 e. The third kappa shape index (κ3) is 7.48. The van der Waals surface area contributed by atoms with Crippen LogP contribution in [0.25, 0.3) is 0 Å². The number of nitrogens with one attached hydrogen (secondary N) is 1. The van der Waals surface area contributed by atoms with Crippen molar-refractivity contribution in [2.45, 2.75) is 45.7 Å². The first kappa shape index (κ1) is 18.0. The van der Waals surface area contributed by atoms with E-state index in [1.165, 1.54) is 7.11 Å². The number of hydrogen-bond donors (Lipinski definition) is 1. The first-order chi connectivity index (χ1) is 9.81. The van der Waals surface area contributed by atoms with Gasteiger partial charge in [-0.15, -0.1) is 0 Å². The van der Waals surface area contributed by atoms with Gasteiger partial charge >= 0.3 is 5.97 Å². The molecule has 0 fully saturated rings. The van der Waals surface area contributed by atoms with E-state index in [1.54, 1.807) is 0 Å².